The number of ether oxygens (including phenoxy) is 1. The van der Waals surface area contributed by atoms with Gasteiger partial charge < -0.3 is 25.8 Å². The standard InChI is InChI=1S/C19H21N7O2.C2HF3O2/c1-28-17-4-2-16(3-5-17)26-12-15(24-25-26)11-22-19(27)23-14-8-13-9-20-7-6-18(13)21-10-14;3-2(4,5)1(6)7/h2-5,8,10,12,20H,6-7,9,11H2,1H3,(H2,22,23,27);(H,6,7). The Morgan fingerprint density at radius 2 is 1.97 bits per heavy atom. The van der Waals surface area contributed by atoms with E-state index in [1.54, 1.807) is 24.2 Å². The predicted molar refractivity (Wildman–Crippen MR) is 117 cm³/mol. The molecule has 0 fully saturated rings. The van der Waals surface area contributed by atoms with Crippen molar-refractivity contribution >= 4 is 17.7 Å². The molecule has 186 valence electrons. The van der Waals surface area contributed by atoms with E-state index >= 15 is 0 Å². The third-order valence-corrected chi connectivity index (χ3v) is 4.72. The van der Waals surface area contributed by atoms with Gasteiger partial charge in [0.15, 0.2) is 0 Å². The zero-order chi connectivity index (χ0) is 25.4. The summed E-state index contributed by atoms with van der Waals surface area (Å²) in [5.41, 5.74) is 4.38. The number of aromatic nitrogens is 4. The monoisotopic (exact) mass is 493 g/mol. The van der Waals surface area contributed by atoms with Crippen LogP contribution in [0, 0.1) is 0 Å². The second-order valence-corrected chi connectivity index (χ2v) is 7.22. The van der Waals surface area contributed by atoms with E-state index in [1.165, 1.54) is 0 Å². The molecule has 11 nitrogen and oxygen atoms in total. The molecule has 4 rings (SSSR count). The van der Waals surface area contributed by atoms with E-state index in [2.05, 4.69) is 31.2 Å². The minimum atomic E-state index is -5.08. The number of aliphatic carboxylic acids is 1. The lowest BCUT2D eigenvalue weighted by atomic mass is 10.1. The highest BCUT2D eigenvalue weighted by Crippen LogP contribution is 2.17. The number of carbonyl (C=O) groups excluding carboxylic acids is 1. The number of pyridine rings is 1. The summed E-state index contributed by atoms with van der Waals surface area (Å²) in [5.74, 6) is -1.98. The summed E-state index contributed by atoms with van der Waals surface area (Å²) in [5, 5.41) is 24.2. The van der Waals surface area contributed by atoms with Crippen LogP contribution < -0.4 is 20.7 Å². The van der Waals surface area contributed by atoms with Crippen LogP contribution in [0.4, 0.5) is 23.7 Å². The highest BCUT2D eigenvalue weighted by Gasteiger charge is 2.38. The number of amides is 2. The molecular weight excluding hydrogens is 471 g/mol. The number of fused-ring (bicyclic) bond motifs is 1. The molecule has 0 bridgehead atoms. The lowest BCUT2D eigenvalue weighted by Gasteiger charge is -2.17. The number of nitrogens with zero attached hydrogens (tertiary/aromatic N) is 4. The maximum Gasteiger partial charge on any atom is 0.490 e. The average Bonchev–Trinajstić information content (AvgIpc) is 3.32. The molecule has 3 aromatic rings. The summed E-state index contributed by atoms with van der Waals surface area (Å²) in [6.45, 7) is 1.97. The fourth-order valence-electron chi connectivity index (χ4n) is 3.00. The molecule has 0 saturated carbocycles. The van der Waals surface area contributed by atoms with Crippen LogP contribution >= 0.6 is 0 Å². The van der Waals surface area contributed by atoms with Crippen LogP contribution in [0.5, 0.6) is 5.75 Å². The van der Waals surface area contributed by atoms with Crippen molar-refractivity contribution in [1.82, 2.24) is 30.6 Å². The Morgan fingerprint density at radius 3 is 2.63 bits per heavy atom. The number of nitrogens with one attached hydrogen (secondary N) is 3. The SMILES string of the molecule is COc1ccc(-n2cc(CNC(=O)Nc3cnc4c(c3)CNCC4)nn2)cc1.O=C(O)C(F)(F)F. The quantitative estimate of drug-likeness (QED) is 0.424. The number of alkyl halides is 3. The molecule has 0 spiro atoms. The van der Waals surface area contributed by atoms with Crippen LogP contribution in [0.25, 0.3) is 5.69 Å². The Hall–Kier alpha value is -4.20. The van der Waals surface area contributed by atoms with Crippen molar-refractivity contribution < 1.29 is 32.6 Å². The zero-order valence-corrected chi connectivity index (χ0v) is 18.5. The molecule has 0 aliphatic carbocycles. The lowest BCUT2D eigenvalue weighted by molar-refractivity contribution is -0.192. The van der Waals surface area contributed by atoms with Crippen LogP contribution in [0.15, 0.2) is 42.7 Å². The molecular formula is C21H22F3N7O4. The summed E-state index contributed by atoms with van der Waals surface area (Å²) in [6, 6.07) is 9.11. The van der Waals surface area contributed by atoms with Crippen LogP contribution in [-0.4, -0.2) is 56.9 Å². The van der Waals surface area contributed by atoms with Gasteiger partial charge >= 0.3 is 18.2 Å². The Morgan fingerprint density at radius 1 is 1.26 bits per heavy atom. The van der Waals surface area contributed by atoms with Crippen molar-refractivity contribution in [1.29, 1.82) is 0 Å². The first-order valence-corrected chi connectivity index (χ1v) is 10.2. The van der Waals surface area contributed by atoms with Crippen molar-refractivity contribution in [3.63, 3.8) is 0 Å². The van der Waals surface area contributed by atoms with Gasteiger partial charge in [-0.2, -0.15) is 13.2 Å². The zero-order valence-electron chi connectivity index (χ0n) is 18.5. The normalized spacial score (nSPS) is 12.6. The fraction of sp³-hybridized carbons (Fsp3) is 0.286. The largest absolute Gasteiger partial charge is 0.497 e. The highest BCUT2D eigenvalue weighted by molar-refractivity contribution is 5.89. The minimum Gasteiger partial charge on any atom is -0.497 e. The van der Waals surface area contributed by atoms with Gasteiger partial charge in [0.1, 0.15) is 11.4 Å². The first-order chi connectivity index (χ1) is 16.7. The van der Waals surface area contributed by atoms with Gasteiger partial charge in [0.05, 0.1) is 37.4 Å². The van der Waals surface area contributed by atoms with E-state index < -0.39 is 12.1 Å². The first kappa shape index (κ1) is 25.4. The van der Waals surface area contributed by atoms with E-state index in [0.717, 1.165) is 42.2 Å². The maximum atomic E-state index is 12.2. The number of carboxylic acid groups (broad SMARTS) is 1. The Bertz CT molecular complexity index is 1170. The topological polar surface area (TPSA) is 143 Å². The molecule has 2 aromatic heterocycles. The lowest BCUT2D eigenvalue weighted by Crippen LogP contribution is -2.29. The number of benzene rings is 1. The van der Waals surface area contributed by atoms with Gasteiger partial charge in [-0.3, -0.25) is 4.98 Å². The summed E-state index contributed by atoms with van der Waals surface area (Å²) in [7, 11) is 1.62. The second kappa shape index (κ2) is 11.3. The van der Waals surface area contributed by atoms with Crippen LogP contribution in [0.1, 0.15) is 17.0 Å². The maximum absolute atomic E-state index is 12.2. The number of anilines is 1. The van der Waals surface area contributed by atoms with Gasteiger partial charge in [0, 0.05) is 25.2 Å². The van der Waals surface area contributed by atoms with Gasteiger partial charge in [0.2, 0.25) is 0 Å². The number of carbonyl (C=O) groups is 2. The van der Waals surface area contributed by atoms with Gasteiger partial charge in [-0.25, -0.2) is 14.3 Å². The number of hydrogen-bond acceptors (Lipinski definition) is 7. The Balaban J connectivity index is 0.000000429. The molecule has 4 N–H and O–H groups in total. The number of hydrogen-bond donors (Lipinski definition) is 4. The van der Waals surface area contributed by atoms with Crippen LogP contribution in [0.2, 0.25) is 0 Å². The Kier molecular flexibility index (Phi) is 8.20. The molecule has 35 heavy (non-hydrogen) atoms. The van der Waals surface area contributed by atoms with Crippen molar-refractivity contribution in [3.05, 3.63) is 59.7 Å². The van der Waals surface area contributed by atoms with Gasteiger partial charge in [-0.1, -0.05) is 5.21 Å². The third-order valence-electron chi connectivity index (χ3n) is 4.72. The molecule has 1 aliphatic rings. The number of methoxy groups -OCH3 is 1. The van der Waals surface area contributed by atoms with Gasteiger partial charge in [-0.15, -0.1) is 5.10 Å². The summed E-state index contributed by atoms with van der Waals surface area (Å²) in [6.07, 6.45) is -0.719. The fourth-order valence-corrected chi connectivity index (χ4v) is 3.00. The van der Waals surface area contributed by atoms with Crippen LogP contribution in [0.3, 0.4) is 0 Å². The van der Waals surface area contributed by atoms with E-state index in [-0.39, 0.29) is 12.6 Å². The Labute approximate surface area is 197 Å². The average molecular weight is 493 g/mol. The molecule has 1 aliphatic heterocycles. The predicted octanol–water partition coefficient (Wildman–Crippen LogP) is 2.27. The highest BCUT2D eigenvalue weighted by atomic mass is 19.4. The van der Waals surface area contributed by atoms with E-state index in [1.807, 2.05) is 30.3 Å². The van der Waals surface area contributed by atoms with Crippen molar-refractivity contribution in [2.45, 2.75) is 25.7 Å². The summed E-state index contributed by atoms with van der Waals surface area (Å²) >= 11 is 0. The smallest absolute Gasteiger partial charge is 0.490 e. The molecule has 0 atom stereocenters. The molecule has 0 saturated heterocycles. The number of urea groups is 1. The van der Waals surface area contributed by atoms with Crippen molar-refractivity contribution in [2.24, 2.45) is 0 Å². The van der Waals surface area contributed by atoms with E-state index in [4.69, 9.17) is 14.6 Å². The molecule has 1 aromatic carbocycles. The third kappa shape index (κ3) is 7.40. The molecule has 3 heterocycles. The summed E-state index contributed by atoms with van der Waals surface area (Å²) < 4.78 is 38.5. The van der Waals surface area contributed by atoms with Crippen LogP contribution in [-0.2, 0) is 24.3 Å². The van der Waals surface area contributed by atoms with E-state index in [9.17, 15) is 18.0 Å². The number of rotatable bonds is 5. The van der Waals surface area contributed by atoms with Gasteiger partial charge in [-0.05, 0) is 35.9 Å². The molecule has 0 radical (unpaired) electrons. The van der Waals surface area contributed by atoms with Crippen molar-refractivity contribution in [3.8, 4) is 11.4 Å². The minimum absolute atomic E-state index is 0.266. The van der Waals surface area contributed by atoms with Crippen molar-refractivity contribution in [2.75, 3.05) is 19.0 Å². The number of halogens is 3. The second-order valence-electron chi connectivity index (χ2n) is 7.22. The van der Waals surface area contributed by atoms with Gasteiger partial charge in [0.25, 0.3) is 0 Å². The summed E-state index contributed by atoms with van der Waals surface area (Å²) in [4.78, 5) is 25.5. The molecule has 0 unspecified atom stereocenters. The molecule has 14 heteroatoms. The first-order valence-electron chi connectivity index (χ1n) is 10.2. The van der Waals surface area contributed by atoms with E-state index in [0.29, 0.717) is 11.4 Å². The number of carboxylic acids is 1. The molecule has 2 amide bonds.